The normalized spacial score (nSPS) is 18.0. The first-order valence-corrected chi connectivity index (χ1v) is 8.39. The SMILES string of the molecule is CCCCC(CC)COC(=O)NC1CCOc2ccccc21. The van der Waals surface area contributed by atoms with Gasteiger partial charge in [-0.2, -0.15) is 0 Å². The van der Waals surface area contributed by atoms with Crippen molar-refractivity contribution in [3.05, 3.63) is 29.8 Å². The molecule has 2 rings (SSSR count). The van der Waals surface area contributed by atoms with Crippen LogP contribution in [0.1, 0.15) is 57.6 Å². The lowest BCUT2D eigenvalue weighted by molar-refractivity contribution is 0.116. The van der Waals surface area contributed by atoms with Crippen LogP contribution in [-0.4, -0.2) is 19.3 Å². The largest absolute Gasteiger partial charge is 0.493 e. The summed E-state index contributed by atoms with van der Waals surface area (Å²) < 4.78 is 11.0. The van der Waals surface area contributed by atoms with Crippen LogP contribution in [0.4, 0.5) is 4.79 Å². The minimum absolute atomic E-state index is 0.0202. The van der Waals surface area contributed by atoms with Crippen LogP contribution < -0.4 is 10.1 Å². The Hall–Kier alpha value is -1.71. The van der Waals surface area contributed by atoms with Gasteiger partial charge in [0.25, 0.3) is 0 Å². The van der Waals surface area contributed by atoms with E-state index in [0.717, 1.165) is 30.6 Å². The van der Waals surface area contributed by atoms with Crippen molar-refractivity contribution < 1.29 is 14.3 Å². The Morgan fingerprint density at radius 1 is 1.41 bits per heavy atom. The van der Waals surface area contributed by atoms with Gasteiger partial charge in [0.2, 0.25) is 0 Å². The lowest BCUT2D eigenvalue weighted by Gasteiger charge is -2.26. The number of rotatable bonds is 7. The average Bonchev–Trinajstić information content (AvgIpc) is 2.55. The van der Waals surface area contributed by atoms with E-state index < -0.39 is 0 Å². The third-order valence-electron chi connectivity index (χ3n) is 4.24. The summed E-state index contributed by atoms with van der Waals surface area (Å²) in [5, 5.41) is 2.97. The lowest BCUT2D eigenvalue weighted by atomic mass is 10.0. The van der Waals surface area contributed by atoms with Crippen molar-refractivity contribution in [1.82, 2.24) is 5.32 Å². The number of carbonyl (C=O) groups is 1. The zero-order valence-corrected chi connectivity index (χ0v) is 13.6. The van der Waals surface area contributed by atoms with Gasteiger partial charge in [-0.25, -0.2) is 4.79 Å². The number of amides is 1. The van der Waals surface area contributed by atoms with Gasteiger partial charge in [0.1, 0.15) is 5.75 Å². The Morgan fingerprint density at radius 3 is 3.00 bits per heavy atom. The van der Waals surface area contributed by atoms with E-state index in [-0.39, 0.29) is 12.1 Å². The molecule has 0 saturated carbocycles. The monoisotopic (exact) mass is 305 g/mol. The van der Waals surface area contributed by atoms with E-state index in [9.17, 15) is 4.79 Å². The second-order valence-corrected chi connectivity index (χ2v) is 5.89. The molecule has 0 fully saturated rings. The predicted octanol–water partition coefficient (Wildman–Crippen LogP) is 4.45. The molecule has 1 N–H and O–H groups in total. The maximum absolute atomic E-state index is 12.0. The molecular weight excluding hydrogens is 278 g/mol. The highest BCUT2D eigenvalue weighted by Crippen LogP contribution is 2.31. The van der Waals surface area contributed by atoms with E-state index in [1.807, 2.05) is 24.3 Å². The maximum Gasteiger partial charge on any atom is 0.407 e. The highest BCUT2D eigenvalue weighted by atomic mass is 16.5. The fourth-order valence-electron chi connectivity index (χ4n) is 2.77. The summed E-state index contributed by atoms with van der Waals surface area (Å²) in [7, 11) is 0. The zero-order valence-electron chi connectivity index (χ0n) is 13.6. The molecule has 22 heavy (non-hydrogen) atoms. The zero-order chi connectivity index (χ0) is 15.8. The maximum atomic E-state index is 12.0. The molecule has 1 aliphatic rings. The summed E-state index contributed by atoms with van der Waals surface area (Å²) in [5.41, 5.74) is 1.03. The van der Waals surface area contributed by atoms with Crippen LogP contribution in [0.3, 0.4) is 0 Å². The van der Waals surface area contributed by atoms with E-state index in [2.05, 4.69) is 19.2 Å². The van der Waals surface area contributed by atoms with Crippen LogP contribution in [0.15, 0.2) is 24.3 Å². The molecule has 2 atom stereocenters. The highest BCUT2D eigenvalue weighted by Gasteiger charge is 2.23. The molecule has 4 nitrogen and oxygen atoms in total. The number of alkyl carbamates (subject to hydrolysis) is 1. The molecule has 0 aromatic heterocycles. The number of hydrogen-bond acceptors (Lipinski definition) is 3. The second-order valence-electron chi connectivity index (χ2n) is 5.89. The third-order valence-corrected chi connectivity index (χ3v) is 4.24. The average molecular weight is 305 g/mol. The van der Waals surface area contributed by atoms with Gasteiger partial charge in [0, 0.05) is 12.0 Å². The van der Waals surface area contributed by atoms with Crippen molar-refractivity contribution >= 4 is 6.09 Å². The molecule has 1 amide bonds. The Bertz CT molecular complexity index is 475. The number of ether oxygens (including phenoxy) is 2. The van der Waals surface area contributed by atoms with Crippen molar-refractivity contribution in [1.29, 1.82) is 0 Å². The molecule has 4 heteroatoms. The van der Waals surface area contributed by atoms with Crippen molar-refractivity contribution in [2.75, 3.05) is 13.2 Å². The highest BCUT2D eigenvalue weighted by molar-refractivity contribution is 5.68. The Balaban J connectivity index is 1.82. The molecule has 0 radical (unpaired) electrons. The van der Waals surface area contributed by atoms with Crippen LogP contribution >= 0.6 is 0 Å². The fourth-order valence-corrected chi connectivity index (χ4v) is 2.77. The Morgan fingerprint density at radius 2 is 2.23 bits per heavy atom. The minimum atomic E-state index is -0.323. The Labute approximate surface area is 133 Å². The molecule has 0 saturated heterocycles. The smallest absolute Gasteiger partial charge is 0.407 e. The third kappa shape index (κ3) is 4.65. The van der Waals surface area contributed by atoms with Crippen molar-refractivity contribution in [3.63, 3.8) is 0 Å². The van der Waals surface area contributed by atoms with Crippen molar-refractivity contribution in [2.24, 2.45) is 5.92 Å². The first-order valence-electron chi connectivity index (χ1n) is 8.39. The summed E-state index contributed by atoms with van der Waals surface area (Å²) in [6.45, 7) is 5.46. The van der Waals surface area contributed by atoms with Gasteiger partial charge < -0.3 is 14.8 Å². The van der Waals surface area contributed by atoms with Crippen LogP contribution in [0.2, 0.25) is 0 Å². The topological polar surface area (TPSA) is 47.6 Å². The quantitative estimate of drug-likeness (QED) is 0.809. The minimum Gasteiger partial charge on any atom is -0.493 e. The van der Waals surface area contributed by atoms with Gasteiger partial charge in [0.05, 0.1) is 19.3 Å². The van der Waals surface area contributed by atoms with Crippen LogP contribution in [0.25, 0.3) is 0 Å². The van der Waals surface area contributed by atoms with E-state index in [1.54, 1.807) is 0 Å². The molecule has 0 spiro atoms. The molecule has 1 heterocycles. The summed E-state index contributed by atoms with van der Waals surface area (Å²) in [5.74, 6) is 1.32. The Kier molecular flexibility index (Phi) is 6.56. The lowest BCUT2D eigenvalue weighted by Crippen LogP contribution is -2.33. The van der Waals surface area contributed by atoms with Crippen LogP contribution in [-0.2, 0) is 4.74 Å². The summed E-state index contributed by atoms with van der Waals surface area (Å²) >= 11 is 0. The molecule has 1 aromatic rings. The first-order chi connectivity index (χ1) is 10.7. The number of fused-ring (bicyclic) bond motifs is 1. The van der Waals surface area contributed by atoms with Gasteiger partial charge in [-0.1, -0.05) is 51.3 Å². The van der Waals surface area contributed by atoms with Crippen LogP contribution in [0.5, 0.6) is 5.75 Å². The van der Waals surface area contributed by atoms with Gasteiger partial charge in [-0.15, -0.1) is 0 Å². The van der Waals surface area contributed by atoms with Crippen molar-refractivity contribution in [2.45, 2.75) is 52.0 Å². The van der Waals surface area contributed by atoms with Gasteiger partial charge in [-0.3, -0.25) is 0 Å². The van der Waals surface area contributed by atoms with E-state index in [1.165, 1.54) is 12.8 Å². The summed E-state index contributed by atoms with van der Waals surface area (Å²) in [6.07, 6.45) is 5.00. The molecular formula is C18H27NO3. The van der Waals surface area contributed by atoms with E-state index >= 15 is 0 Å². The van der Waals surface area contributed by atoms with E-state index in [0.29, 0.717) is 19.1 Å². The van der Waals surface area contributed by atoms with Gasteiger partial charge >= 0.3 is 6.09 Å². The molecule has 0 aliphatic carbocycles. The molecule has 2 unspecified atom stereocenters. The molecule has 1 aliphatic heterocycles. The van der Waals surface area contributed by atoms with E-state index in [4.69, 9.17) is 9.47 Å². The van der Waals surface area contributed by atoms with Gasteiger partial charge in [0.15, 0.2) is 0 Å². The number of nitrogens with one attached hydrogen (secondary N) is 1. The standard InChI is InChI=1S/C18H27NO3/c1-3-5-8-14(4-2)13-22-18(20)19-16-11-12-21-17-10-7-6-9-15(16)17/h6-7,9-10,14,16H,3-5,8,11-13H2,1-2H3,(H,19,20). The second kappa shape index (κ2) is 8.66. The first kappa shape index (κ1) is 16.7. The molecule has 0 bridgehead atoms. The summed E-state index contributed by atoms with van der Waals surface area (Å²) in [6, 6.07) is 7.82. The van der Waals surface area contributed by atoms with Crippen LogP contribution in [0, 0.1) is 5.92 Å². The summed E-state index contributed by atoms with van der Waals surface area (Å²) in [4.78, 5) is 12.0. The molecule has 122 valence electrons. The predicted molar refractivity (Wildman–Crippen MR) is 87.1 cm³/mol. The molecule has 1 aromatic carbocycles. The van der Waals surface area contributed by atoms with Gasteiger partial charge in [-0.05, 0) is 18.4 Å². The number of hydrogen-bond donors (Lipinski definition) is 1. The number of benzene rings is 1. The fraction of sp³-hybridized carbons (Fsp3) is 0.611. The number of carbonyl (C=O) groups excluding carboxylic acids is 1. The number of unbranched alkanes of at least 4 members (excludes halogenated alkanes) is 1. The number of para-hydroxylation sites is 1. The van der Waals surface area contributed by atoms with Crippen molar-refractivity contribution in [3.8, 4) is 5.75 Å².